The van der Waals surface area contributed by atoms with Gasteiger partial charge in [-0.15, -0.1) is 0 Å². The number of aryl methyl sites for hydroxylation is 1. The standard InChI is InChI=1S/C16H17BrN2O2/c1-11-4-3-5-14(19-11)10-18-16(20)12(2)21-15-8-6-13(17)7-9-15/h3-9,12H,10H2,1-2H3,(H,18,20). The van der Waals surface area contributed by atoms with Crippen LogP contribution in [0.2, 0.25) is 0 Å². The number of benzene rings is 1. The minimum absolute atomic E-state index is 0.166. The van der Waals surface area contributed by atoms with E-state index in [1.165, 1.54) is 0 Å². The maximum Gasteiger partial charge on any atom is 0.261 e. The maximum absolute atomic E-state index is 12.0. The van der Waals surface area contributed by atoms with Crippen molar-refractivity contribution >= 4 is 21.8 Å². The van der Waals surface area contributed by atoms with Crippen LogP contribution in [0.4, 0.5) is 0 Å². The van der Waals surface area contributed by atoms with Crippen molar-refractivity contribution in [1.29, 1.82) is 0 Å². The van der Waals surface area contributed by atoms with Gasteiger partial charge in [0.1, 0.15) is 5.75 Å². The van der Waals surface area contributed by atoms with Crippen molar-refractivity contribution in [3.63, 3.8) is 0 Å². The average Bonchev–Trinajstić information content (AvgIpc) is 2.47. The fourth-order valence-corrected chi connectivity index (χ4v) is 2.05. The Hall–Kier alpha value is -1.88. The Balaban J connectivity index is 1.86. The molecule has 0 radical (unpaired) electrons. The normalized spacial score (nSPS) is 11.8. The number of carbonyl (C=O) groups is 1. The van der Waals surface area contributed by atoms with Gasteiger partial charge in [0.15, 0.2) is 6.10 Å². The number of hydrogen-bond acceptors (Lipinski definition) is 3. The topological polar surface area (TPSA) is 51.2 Å². The van der Waals surface area contributed by atoms with Crippen LogP contribution >= 0.6 is 15.9 Å². The monoisotopic (exact) mass is 348 g/mol. The van der Waals surface area contributed by atoms with Gasteiger partial charge in [-0.2, -0.15) is 0 Å². The van der Waals surface area contributed by atoms with Gasteiger partial charge < -0.3 is 10.1 Å². The van der Waals surface area contributed by atoms with Gasteiger partial charge in [0.25, 0.3) is 5.91 Å². The first-order valence-corrected chi connectivity index (χ1v) is 7.46. The summed E-state index contributed by atoms with van der Waals surface area (Å²) in [5.41, 5.74) is 1.76. The molecule has 1 aromatic heterocycles. The first kappa shape index (κ1) is 15.5. The van der Waals surface area contributed by atoms with Gasteiger partial charge in [-0.25, -0.2) is 0 Å². The van der Waals surface area contributed by atoms with Crippen LogP contribution in [0.1, 0.15) is 18.3 Å². The van der Waals surface area contributed by atoms with Crippen LogP contribution in [0.3, 0.4) is 0 Å². The lowest BCUT2D eigenvalue weighted by Gasteiger charge is -2.14. The number of nitrogens with one attached hydrogen (secondary N) is 1. The summed E-state index contributed by atoms with van der Waals surface area (Å²) in [6.07, 6.45) is -0.559. The van der Waals surface area contributed by atoms with Crippen LogP contribution in [0.15, 0.2) is 46.9 Å². The molecule has 0 bridgehead atoms. The summed E-state index contributed by atoms with van der Waals surface area (Å²) >= 11 is 3.36. The SMILES string of the molecule is Cc1cccc(CNC(=O)C(C)Oc2ccc(Br)cc2)n1. The summed E-state index contributed by atoms with van der Waals surface area (Å²) in [6.45, 7) is 4.04. The predicted molar refractivity (Wildman–Crippen MR) is 85.1 cm³/mol. The van der Waals surface area contributed by atoms with E-state index in [1.807, 2.05) is 49.4 Å². The van der Waals surface area contributed by atoms with Crippen molar-refractivity contribution < 1.29 is 9.53 Å². The summed E-state index contributed by atoms with van der Waals surface area (Å²) in [5, 5.41) is 2.82. The number of amides is 1. The molecule has 1 amide bonds. The lowest BCUT2D eigenvalue weighted by Crippen LogP contribution is -2.36. The highest BCUT2D eigenvalue weighted by atomic mass is 79.9. The molecule has 0 aliphatic heterocycles. The summed E-state index contributed by atoms with van der Waals surface area (Å²) in [6, 6.07) is 13.1. The van der Waals surface area contributed by atoms with Gasteiger partial charge in [0.2, 0.25) is 0 Å². The van der Waals surface area contributed by atoms with Crippen molar-refractivity contribution in [3.05, 3.63) is 58.3 Å². The van der Waals surface area contributed by atoms with Crippen molar-refractivity contribution in [2.24, 2.45) is 0 Å². The number of ether oxygens (including phenoxy) is 1. The number of nitrogens with zero attached hydrogens (tertiary/aromatic N) is 1. The molecule has 0 fully saturated rings. The summed E-state index contributed by atoms with van der Waals surface area (Å²) < 4.78 is 6.56. The lowest BCUT2D eigenvalue weighted by molar-refractivity contribution is -0.127. The number of rotatable bonds is 5. The second-order valence-corrected chi connectivity index (χ2v) is 5.62. The van der Waals surface area contributed by atoms with Crippen LogP contribution in [-0.2, 0) is 11.3 Å². The number of hydrogen-bond donors (Lipinski definition) is 1. The molecule has 0 aliphatic carbocycles. The highest BCUT2D eigenvalue weighted by Gasteiger charge is 2.14. The zero-order valence-electron chi connectivity index (χ0n) is 12.0. The molecule has 2 aromatic rings. The Morgan fingerprint density at radius 3 is 2.67 bits per heavy atom. The van der Waals surface area contributed by atoms with Gasteiger partial charge in [0.05, 0.1) is 12.2 Å². The van der Waals surface area contributed by atoms with Gasteiger partial charge >= 0.3 is 0 Å². The minimum Gasteiger partial charge on any atom is -0.481 e. The maximum atomic E-state index is 12.0. The number of pyridine rings is 1. The Bertz CT molecular complexity index is 614. The first-order valence-electron chi connectivity index (χ1n) is 6.67. The van der Waals surface area contributed by atoms with Gasteiger partial charge in [0, 0.05) is 10.2 Å². The van der Waals surface area contributed by atoms with Gasteiger partial charge in [-0.1, -0.05) is 22.0 Å². The van der Waals surface area contributed by atoms with Crippen LogP contribution in [0.5, 0.6) is 5.75 Å². The Morgan fingerprint density at radius 1 is 1.29 bits per heavy atom. The van der Waals surface area contributed by atoms with E-state index in [0.717, 1.165) is 15.9 Å². The molecule has 0 saturated heterocycles. The van der Waals surface area contributed by atoms with E-state index in [1.54, 1.807) is 6.92 Å². The van der Waals surface area contributed by atoms with E-state index < -0.39 is 6.10 Å². The number of aromatic nitrogens is 1. The Labute approximate surface area is 132 Å². The fraction of sp³-hybridized carbons (Fsp3) is 0.250. The van der Waals surface area contributed by atoms with Crippen molar-refractivity contribution in [3.8, 4) is 5.75 Å². The van der Waals surface area contributed by atoms with Gasteiger partial charge in [-0.05, 0) is 50.2 Å². The van der Waals surface area contributed by atoms with E-state index in [4.69, 9.17) is 4.74 Å². The molecule has 1 unspecified atom stereocenters. The molecule has 4 nitrogen and oxygen atoms in total. The highest BCUT2D eigenvalue weighted by Crippen LogP contribution is 2.17. The van der Waals surface area contributed by atoms with Crippen molar-refractivity contribution in [2.45, 2.75) is 26.5 Å². The van der Waals surface area contributed by atoms with E-state index >= 15 is 0 Å². The molecule has 1 N–H and O–H groups in total. The third kappa shape index (κ3) is 4.86. The molecule has 2 rings (SSSR count). The molecular formula is C16H17BrN2O2. The van der Waals surface area contributed by atoms with Crippen LogP contribution in [-0.4, -0.2) is 17.0 Å². The molecule has 110 valence electrons. The zero-order chi connectivity index (χ0) is 15.2. The second-order valence-electron chi connectivity index (χ2n) is 4.70. The lowest BCUT2D eigenvalue weighted by atomic mass is 10.3. The van der Waals surface area contributed by atoms with Crippen molar-refractivity contribution in [1.82, 2.24) is 10.3 Å². The Kier molecular flexibility index (Phi) is 5.33. The third-order valence-electron chi connectivity index (χ3n) is 2.89. The largest absolute Gasteiger partial charge is 0.481 e. The smallest absolute Gasteiger partial charge is 0.261 e. The van der Waals surface area contributed by atoms with Crippen LogP contribution < -0.4 is 10.1 Å². The third-order valence-corrected chi connectivity index (χ3v) is 3.41. The van der Waals surface area contributed by atoms with E-state index in [0.29, 0.717) is 12.3 Å². The molecular weight excluding hydrogens is 332 g/mol. The number of carbonyl (C=O) groups excluding carboxylic acids is 1. The minimum atomic E-state index is -0.559. The van der Waals surface area contributed by atoms with Gasteiger partial charge in [-0.3, -0.25) is 9.78 Å². The molecule has 1 atom stereocenters. The van der Waals surface area contributed by atoms with E-state index in [-0.39, 0.29) is 5.91 Å². The highest BCUT2D eigenvalue weighted by molar-refractivity contribution is 9.10. The average molecular weight is 349 g/mol. The molecule has 1 aromatic carbocycles. The first-order chi connectivity index (χ1) is 10.0. The summed E-state index contributed by atoms with van der Waals surface area (Å²) in [4.78, 5) is 16.3. The summed E-state index contributed by atoms with van der Waals surface area (Å²) in [5.74, 6) is 0.496. The van der Waals surface area contributed by atoms with Crippen LogP contribution in [0.25, 0.3) is 0 Å². The quantitative estimate of drug-likeness (QED) is 0.902. The van der Waals surface area contributed by atoms with Crippen LogP contribution in [0, 0.1) is 6.92 Å². The number of halogens is 1. The summed E-state index contributed by atoms with van der Waals surface area (Å²) in [7, 11) is 0. The van der Waals surface area contributed by atoms with Crippen molar-refractivity contribution in [2.75, 3.05) is 0 Å². The molecule has 5 heteroatoms. The molecule has 0 aliphatic rings. The second kappa shape index (κ2) is 7.22. The zero-order valence-corrected chi connectivity index (χ0v) is 13.6. The molecule has 0 spiro atoms. The molecule has 21 heavy (non-hydrogen) atoms. The van der Waals surface area contributed by atoms with E-state index in [2.05, 4.69) is 26.2 Å². The Morgan fingerprint density at radius 2 is 2.00 bits per heavy atom. The molecule has 1 heterocycles. The van der Waals surface area contributed by atoms with E-state index in [9.17, 15) is 4.79 Å². The predicted octanol–water partition coefficient (Wildman–Crippen LogP) is 3.24. The fourth-order valence-electron chi connectivity index (χ4n) is 1.79. The molecule has 0 saturated carbocycles.